The summed E-state index contributed by atoms with van der Waals surface area (Å²) in [5, 5.41) is 12.1. The lowest BCUT2D eigenvalue weighted by Gasteiger charge is -2.34. The number of fused-ring (bicyclic) bond motifs is 6. The molecular formula is C35H28F7N3O5. The number of nitrogens with zero attached hydrogens (tertiary/aromatic N) is 2. The fourth-order valence-corrected chi connectivity index (χ4v) is 6.25. The van der Waals surface area contributed by atoms with Gasteiger partial charge in [0, 0.05) is 48.6 Å². The molecule has 3 aromatic carbocycles. The summed E-state index contributed by atoms with van der Waals surface area (Å²) in [7, 11) is 0. The number of halogens is 7. The zero-order chi connectivity index (χ0) is 36.1. The van der Waals surface area contributed by atoms with Gasteiger partial charge in [-0.3, -0.25) is 23.9 Å². The molecule has 3 heterocycles. The van der Waals surface area contributed by atoms with Crippen molar-refractivity contribution in [1.82, 2.24) is 14.8 Å². The quantitative estimate of drug-likeness (QED) is 0.223. The van der Waals surface area contributed by atoms with Crippen molar-refractivity contribution in [2.45, 2.75) is 44.2 Å². The molecule has 0 spiro atoms. The normalized spacial score (nSPS) is 18.1. The Morgan fingerprint density at radius 2 is 1.74 bits per heavy atom. The number of aliphatic carboxylic acids is 1. The third-order valence-electron chi connectivity index (χ3n) is 8.70. The first-order valence-corrected chi connectivity index (χ1v) is 15.4. The Hall–Kier alpha value is -5.18. The van der Waals surface area contributed by atoms with E-state index in [0.29, 0.717) is 4.57 Å². The highest BCUT2D eigenvalue weighted by atomic mass is 19.4. The van der Waals surface area contributed by atoms with Gasteiger partial charge >= 0.3 is 12.1 Å². The van der Waals surface area contributed by atoms with Crippen LogP contribution >= 0.6 is 0 Å². The van der Waals surface area contributed by atoms with E-state index < -0.39 is 82.4 Å². The minimum atomic E-state index is -5.00. The average molecular weight is 704 g/mol. The Morgan fingerprint density at radius 3 is 2.42 bits per heavy atom. The predicted molar refractivity (Wildman–Crippen MR) is 165 cm³/mol. The van der Waals surface area contributed by atoms with Gasteiger partial charge in [0.05, 0.1) is 18.0 Å². The number of pyridine rings is 1. The second kappa shape index (κ2) is 13.3. The molecule has 1 saturated heterocycles. The van der Waals surface area contributed by atoms with Crippen molar-refractivity contribution in [3.8, 4) is 22.6 Å². The minimum absolute atomic E-state index is 0.00118. The number of nitrogens with one attached hydrogen (secondary N) is 1. The second-order valence-corrected chi connectivity index (χ2v) is 12.2. The molecule has 262 valence electrons. The Morgan fingerprint density at radius 1 is 1.00 bits per heavy atom. The highest BCUT2D eigenvalue weighted by Crippen LogP contribution is 2.39. The van der Waals surface area contributed by atoms with E-state index in [4.69, 9.17) is 4.74 Å². The van der Waals surface area contributed by atoms with Crippen LogP contribution in [0.1, 0.15) is 46.3 Å². The third kappa shape index (κ3) is 6.95. The van der Waals surface area contributed by atoms with Gasteiger partial charge in [-0.1, -0.05) is 0 Å². The van der Waals surface area contributed by atoms with Crippen LogP contribution in [0.4, 0.5) is 30.7 Å². The highest BCUT2D eigenvalue weighted by Gasteiger charge is 2.38. The Balaban J connectivity index is 1.57. The number of carbonyl (C=O) groups is 2. The van der Waals surface area contributed by atoms with E-state index in [1.54, 1.807) is 4.90 Å². The van der Waals surface area contributed by atoms with E-state index in [2.05, 4.69) is 5.32 Å². The molecule has 15 heteroatoms. The van der Waals surface area contributed by atoms with Crippen LogP contribution in [0.3, 0.4) is 0 Å². The molecule has 1 amide bonds. The van der Waals surface area contributed by atoms with Gasteiger partial charge < -0.3 is 15.2 Å². The van der Waals surface area contributed by atoms with Crippen LogP contribution in [0.25, 0.3) is 11.1 Å². The number of hydrogen-bond acceptors (Lipinski definition) is 5. The molecule has 6 rings (SSSR count). The van der Waals surface area contributed by atoms with Crippen molar-refractivity contribution in [2.24, 2.45) is 0 Å². The van der Waals surface area contributed by atoms with Crippen molar-refractivity contribution in [2.75, 3.05) is 19.6 Å². The van der Waals surface area contributed by atoms with Gasteiger partial charge in [-0.25, -0.2) is 17.6 Å². The third-order valence-corrected chi connectivity index (χ3v) is 8.70. The van der Waals surface area contributed by atoms with Crippen molar-refractivity contribution in [3.05, 3.63) is 116 Å². The summed E-state index contributed by atoms with van der Waals surface area (Å²) in [6, 6.07) is 5.58. The predicted octanol–water partition coefficient (Wildman–Crippen LogP) is 6.48. The number of carboxylic acid groups (broad SMARTS) is 1. The summed E-state index contributed by atoms with van der Waals surface area (Å²) in [6.07, 6.45) is -6.61. The number of hydrogen-bond donors (Lipinski definition) is 2. The highest BCUT2D eigenvalue weighted by molar-refractivity contribution is 5.85. The number of amides is 1. The maximum atomic E-state index is 15.8. The Labute approximate surface area is 279 Å². The van der Waals surface area contributed by atoms with E-state index >= 15 is 8.78 Å². The number of benzene rings is 3. The first-order chi connectivity index (χ1) is 23.6. The zero-order valence-corrected chi connectivity index (χ0v) is 26.2. The Kier molecular flexibility index (Phi) is 9.20. The summed E-state index contributed by atoms with van der Waals surface area (Å²) < 4.78 is 108. The Bertz CT molecular complexity index is 2060. The smallest absolute Gasteiger partial charge is 0.416 e. The number of rotatable bonds is 6. The summed E-state index contributed by atoms with van der Waals surface area (Å²) in [5.41, 5.74) is -3.75. The molecule has 0 saturated carbocycles. The number of aryl methyl sites for hydroxylation is 1. The van der Waals surface area contributed by atoms with Crippen LogP contribution in [0.2, 0.25) is 0 Å². The molecule has 2 N–H and O–H groups in total. The fraction of sp³-hybridized carbons (Fsp3) is 0.286. The van der Waals surface area contributed by atoms with Gasteiger partial charge in [0.25, 0.3) is 5.56 Å². The van der Waals surface area contributed by atoms with Crippen LogP contribution in [-0.4, -0.2) is 52.3 Å². The number of alkyl halides is 4. The SMILES string of the molecule is Cc1cc2cc(c1F)C(CC(=O)O)NC(=O)C(n1cc(CCN3CC(F)C3)c(C(F)(F)F)cc1=O)c1cc(ccc1F)Oc1ccc(F)cc1-2. The molecule has 2 atom stereocenters. The minimum Gasteiger partial charge on any atom is -0.481 e. The summed E-state index contributed by atoms with van der Waals surface area (Å²) in [4.78, 5) is 41.2. The summed E-state index contributed by atoms with van der Waals surface area (Å²) in [6.45, 7) is 1.34. The van der Waals surface area contributed by atoms with Gasteiger partial charge in [0.15, 0.2) is 0 Å². The monoisotopic (exact) mass is 703 g/mol. The van der Waals surface area contributed by atoms with E-state index in [1.807, 2.05) is 0 Å². The van der Waals surface area contributed by atoms with Gasteiger partial charge in [0.1, 0.15) is 41.2 Å². The number of carbonyl (C=O) groups excluding carboxylic acids is 1. The number of likely N-dealkylation sites (tertiary alicyclic amines) is 1. The lowest BCUT2D eigenvalue weighted by molar-refractivity contribution is -0.139. The molecule has 4 aromatic rings. The molecule has 0 radical (unpaired) electrons. The maximum absolute atomic E-state index is 15.8. The molecule has 1 aromatic heterocycles. The van der Waals surface area contributed by atoms with Gasteiger partial charge in [0.2, 0.25) is 5.91 Å². The molecule has 2 aliphatic heterocycles. The molecule has 50 heavy (non-hydrogen) atoms. The van der Waals surface area contributed by atoms with Gasteiger partial charge in [-0.05, 0) is 78.6 Å². The molecule has 4 bridgehead atoms. The van der Waals surface area contributed by atoms with E-state index in [9.17, 15) is 41.4 Å². The van der Waals surface area contributed by atoms with E-state index in [1.165, 1.54) is 31.2 Å². The summed E-state index contributed by atoms with van der Waals surface area (Å²) >= 11 is 0. The molecule has 2 aliphatic rings. The second-order valence-electron chi connectivity index (χ2n) is 12.2. The number of aromatic nitrogens is 1. The van der Waals surface area contributed by atoms with Crippen molar-refractivity contribution in [1.29, 1.82) is 0 Å². The average Bonchev–Trinajstić information content (AvgIpc) is 3.02. The number of ether oxygens (including phenoxy) is 1. The van der Waals surface area contributed by atoms with Crippen LogP contribution in [0.15, 0.2) is 65.6 Å². The van der Waals surface area contributed by atoms with Crippen molar-refractivity contribution >= 4 is 11.9 Å². The van der Waals surface area contributed by atoms with Crippen molar-refractivity contribution in [3.63, 3.8) is 0 Å². The molecule has 2 unspecified atom stereocenters. The molecule has 1 fully saturated rings. The number of carboxylic acids is 1. The topological polar surface area (TPSA) is 101 Å². The van der Waals surface area contributed by atoms with Crippen LogP contribution in [-0.2, 0) is 22.2 Å². The molecular weight excluding hydrogens is 675 g/mol. The van der Waals surface area contributed by atoms with Crippen LogP contribution < -0.4 is 15.6 Å². The lowest BCUT2D eigenvalue weighted by atomic mass is 9.93. The standard InChI is InChI=1S/C35H28F7N3O5/c1-17-8-19-9-25(32(17)39)28(13-31(47)48)43-34(49)33(24-11-22(3-4-27(24)38)50-29-5-2-20(36)10-23(19)29)45-14-18(6-7-44-15-21(37)16-44)26(12-30(45)46)35(40,41)42/h2-5,8-12,14,21,28,33H,6-7,13,15-16H2,1H3,(H,43,49)(H,47,48). The summed E-state index contributed by atoms with van der Waals surface area (Å²) in [5.74, 6) is -5.58. The maximum Gasteiger partial charge on any atom is 0.416 e. The van der Waals surface area contributed by atoms with Gasteiger partial charge in [-0.2, -0.15) is 13.2 Å². The first-order valence-electron chi connectivity index (χ1n) is 15.4. The van der Waals surface area contributed by atoms with Crippen LogP contribution in [0, 0.1) is 24.4 Å². The fourth-order valence-electron chi connectivity index (χ4n) is 6.25. The largest absolute Gasteiger partial charge is 0.481 e. The first kappa shape index (κ1) is 34.7. The lowest BCUT2D eigenvalue weighted by Crippen LogP contribution is -2.49. The molecule has 0 aliphatic carbocycles. The van der Waals surface area contributed by atoms with Crippen molar-refractivity contribution < 1.29 is 50.2 Å². The molecule has 8 nitrogen and oxygen atoms in total. The van der Waals surface area contributed by atoms with E-state index in [0.717, 1.165) is 30.5 Å². The zero-order valence-electron chi connectivity index (χ0n) is 26.2. The van der Waals surface area contributed by atoms with E-state index in [-0.39, 0.29) is 65.9 Å². The van der Waals surface area contributed by atoms with Crippen LogP contribution in [0.5, 0.6) is 11.5 Å². The van der Waals surface area contributed by atoms with Gasteiger partial charge in [-0.15, -0.1) is 0 Å².